The second kappa shape index (κ2) is 4.86. The summed E-state index contributed by atoms with van der Waals surface area (Å²) in [5, 5.41) is 17.0. The average Bonchev–Trinajstić information content (AvgIpc) is 2.85. The van der Waals surface area contributed by atoms with Gasteiger partial charge in [-0.15, -0.1) is 0 Å². The van der Waals surface area contributed by atoms with Gasteiger partial charge in [0.25, 0.3) is 5.56 Å². The maximum Gasteiger partial charge on any atom is 0.357 e. The molecule has 2 aromatic heterocycles. The molecule has 0 aliphatic rings. The van der Waals surface area contributed by atoms with Crippen LogP contribution in [0, 0.1) is 6.92 Å². The van der Waals surface area contributed by atoms with Gasteiger partial charge in [0.1, 0.15) is 5.76 Å². The molecule has 0 aliphatic heterocycles. The van der Waals surface area contributed by atoms with Crippen LogP contribution in [-0.2, 0) is 6.54 Å². The van der Waals surface area contributed by atoms with Crippen LogP contribution < -0.4 is 5.56 Å². The Morgan fingerprint density at radius 1 is 1.33 bits per heavy atom. The molecule has 21 heavy (non-hydrogen) atoms. The predicted molar refractivity (Wildman–Crippen MR) is 73.3 cm³/mol. The molecule has 0 radical (unpaired) electrons. The Morgan fingerprint density at radius 3 is 2.71 bits per heavy atom. The van der Waals surface area contributed by atoms with E-state index in [2.05, 4.69) is 10.3 Å². The third-order valence-corrected chi connectivity index (χ3v) is 3.13. The van der Waals surface area contributed by atoms with E-state index >= 15 is 0 Å². The molecule has 2 heterocycles. The van der Waals surface area contributed by atoms with Crippen LogP contribution in [0.1, 0.15) is 21.8 Å². The number of benzene rings is 1. The van der Waals surface area contributed by atoms with Gasteiger partial charge in [0, 0.05) is 0 Å². The standard InChI is InChI=1S/C14H11N3O4/c1-8-10-11(16-21-8)13(18)17(15-12(10)14(19)20)7-9-5-3-2-4-6-9/h2-6H,7H2,1H3,(H,19,20). The minimum absolute atomic E-state index is 0.0177. The molecule has 106 valence electrons. The zero-order valence-corrected chi connectivity index (χ0v) is 11.1. The summed E-state index contributed by atoms with van der Waals surface area (Å²) in [7, 11) is 0. The van der Waals surface area contributed by atoms with E-state index in [-0.39, 0.29) is 28.9 Å². The highest BCUT2D eigenvalue weighted by atomic mass is 16.5. The molecule has 0 unspecified atom stereocenters. The van der Waals surface area contributed by atoms with Crippen molar-refractivity contribution in [1.82, 2.24) is 14.9 Å². The van der Waals surface area contributed by atoms with E-state index in [1.165, 1.54) is 0 Å². The van der Waals surface area contributed by atoms with Crippen molar-refractivity contribution in [2.24, 2.45) is 0 Å². The van der Waals surface area contributed by atoms with E-state index in [0.29, 0.717) is 0 Å². The molecular formula is C14H11N3O4. The van der Waals surface area contributed by atoms with Crippen molar-refractivity contribution < 1.29 is 14.4 Å². The minimum atomic E-state index is -1.23. The fourth-order valence-electron chi connectivity index (χ4n) is 2.15. The quantitative estimate of drug-likeness (QED) is 0.781. The first-order valence-electron chi connectivity index (χ1n) is 6.22. The number of rotatable bonds is 3. The van der Waals surface area contributed by atoms with Crippen molar-refractivity contribution in [2.75, 3.05) is 0 Å². The Bertz CT molecular complexity index is 880. The van der Waals surface area contributed by atoms with Crippen molar-refractivity contribution >= 4 is 16.9 Å². The molecule has 0 saturated heterocycles. The van der Waals surface area contributed by atoms with E-state index < -0.39 is 11.5 Å². The van der Waals surface area contributed by atoms with Crippen LogP contribution in [0.15, 0.2) is 39.6 Å². The zero-order valence-electron chi connectivity index (χ0n) is 11.1. The van der Waals surface area contributed by atoms with E-state index in [1.807, 2.05) is 30.3 Å². The van der Waals surface area contributed by atoms with Gasteiger partial charge in [-0.1, -0.05) is 35.5 Å². The second-order valence-electron chi connectivity index (χ2n) is 4.56. The third-order valence-electron chi connectivity index (χ3n) is 3.13. The number of carboxylic acid groups (broad SMARTS) is 1. The molecule has 7 heteroatoms. The van der Waals surface area contributed by atoms with Crippen molar-refractivity contribution in [2.45, 2.75) is 13.5 Å². The fraction of sp³-hybridized carbons (Fsp3) is 0.143. The summed E-state index contributed by atoms with van der Waals surface area (Å²) in [5.74, 6) is -0.966. The SMILES string of the molecule is Cc1onc2c(=O)n(Cc3ccccc3)nc(C(=O)O)c12. The number of carboxylic acids is 1. The van der Waals surface area contributed by atoms with Gasteiger partial charge in [-0.3, -0.25) is 4.79 Å². The number of aromatic nitrogens is 3. The summed E-state index contributed by atoms with van der Waals surface area (Å²) in [6.07, 6.45) is 0. The van der Waals surface area contributed by atoms with Gasteiger partial charge >= 0.3 is 5.97 Å². The largest absolute Gasteiger partial charge is 0.476 e. The van der Waals surface area contributed by atoms with E-state index in [0.717, 1.165) is 10.2 Å². The minimum Gasteiger partial charge on any atom is -0.476 e. The van der Waals surface area contributed by atoms with Gasteiger partial charge in [-0.2, -0.15) is 5.10 Å². The number of nitrogens with zero attached hydrogens (tertiary/aromatic N) is 3. The molecule has 0 spiro atoms. The van der Waals surface area contributed by atoms with E-state index in [1.54, 1.807) is 6.92 Å². The van der Waals surface area contributed by atoms with Gasteiger partial charge in [-0.25, -0.2) is 9.48 Å². The lowest BCUT2D eigenvalue weighted by Crippen LogP contribution is -2.26. The predicted octanol–water partition coefficient (Wildman–Crippen LogP) is 1.44. The topological polar surface area (TPSA) is 98.2 Å². The lowest BCUT2D eigenvalue weighted by atomic mass is 10.2. The van der Waals surface area contributed by atoms with Gasteiger partial charge < -0.3 is 9.63 Å². The van der Waals surface area contributed by atoms with Crippen LogP contribution in [0.25, 0.3) is 10.9 Å². The first-order valence-corrected chi connectivity index (χ1v) is 6.22. The summed E-state index contributed by atoms with van der Waals surface area (Å²) >= 11 is 0. The molecular weight excluding hydrogens is 274 g/mol. The summed E-state index contributed by atoms with van der Waals surface area (Å²) < 4.78 is 6.01. The number of aromatic carboxylic acids is 1. The molecule has 0 amide bonds. The summed E-state index contributed by atoms with van der Waals surface area (Å²) in [5.41, 5.74) is 0.105. The van der Waals surface area contributed by atoms with Gasteiger partial charge in [0.2, 0.25) is 0 Å². The normalized spacial score (nSPS) is 10.9. The fourth-order valence-corrected chi connectivity index (χ4v) is 2.15. The van der Waals surface area contributed by atoms with Crippen LogP contribution in [0.4, 0.5) is 0 Å². The monoisotopic (exact) mass is 285 g/mol. The lowest BCUT2D eigenvalue weighted by molar-refractivity contribution is 0.0690. The molecule has 3 rings (SSSR count). The Kier molecular flexibility index (Phi) is 3.02. The summed E-state index contributed by atoms with van der Waals surface area (Å²) in [4.78, 5) is 23.6. The first kappa shape index (κ1) is 13.0. The average molecular weight is 285 g/mol. The highest BCUT2D eigenvalue weighted by Crippen LogP contribution is 2.17. The number of carbonyl (C=O) groups is 1. The van der Waals surface area contributed by atoms with Crippen LogP contribution in [-0.4, -0.2) is 26.0 Å². The summed E-state index contributed by atoms with van der Waals surface area (Å²) in [6.45, 7) is 1.71. The van der Waals surface area contributed by atoms with Crippen LogP contribution in [0.3, 0.4) is 0 Å². The molecule has 0 aliphatic carbocycles. The van der Waals surface area contributed by atoms with Crippen LogP contribution in [0.2, 0.25) is 0 Å². The maximum absolute atomic E-state index is 12.3. The van der Waals surface area contributed by atoms with E-state index in [4.69, 9.17) is 4.52 Å². The molecule has 0 atom stereocenters. The van der Waals surface area contributed by atoms with Gasteiger partial charge in [0.05, 0.1) is 11.9 Å². The first-order chi connectivity index (χ1) is 10.1. The zero-order chi connectivity index (χ0) is 15.0. The Hall–Kier alpha value is -2.96. The molecule has 0 saturated carbocycles. The Labute approximate surface area is 118 Å². The molecule has 1 N–H and O–H groups in total. The number of hydrogen-bond acceptors (Lipinski definition) is 5. The van der Waals surface area contributed by atoms with Gasteiger partial charge in [-0.05, 0) is 12.5 Å². The number of aryl methyl sites for hydroxylation is 1. The molecule has 1 aromatic carbocycles. The highest BCUT2D eigenvalue weighted by molar-refractivity contribution is 6.00. The third kappa shape index (κ3) is 2.18. The number of hydrogen-bond donors (Lipinski definition) is 1. The summed E-state index contributed by atoms with van der Waals surface area (Å²) in [6, 6.07) is 9.17. The van der Waals surface area contributed by atoms with Crippen molar-refractivity contribution in [3.8, 4) is 0 Å². The maximum atomic E-state index is 12.3. The Morgan fingerprint density at radius 2 is 2.05 bits per heavy atom. The molecule has 0 fully saturated rings. The van der Waals surface area contributed by atoms with Crippen molar-refractivity contribution in [3.05, 3.63) is 57.7 Å². The lowest BCUT2D eigenvalue weighted by Gasteiger charge is -2.06. The number of fused-ring (bicyclic) bond motifs is 1. The van der Waals surface area contributed by atoms with Crippen LogP contribution >= 0.6 is 0 Å². The molecule has 7 nitrogen and oxygen atoms in total. The molecule has 3 aromatic rings. The van der Waals surface area contributed by atoms with Crippen molar-refractivity contribution in [1.29, 1.82) is 0 Å². The second-order valence-corrected chi connectivity index (χ2v) is 4.56. The van der Waals surface area contributed by atoms with Crippen molar-refractivity contribution in [3.63, 3.8) is 0 Å². The smallest absolute Gasteiger partial charge is 0.357 e. The van der Waals surface area contributed by atoms with E-state index in [9.17, 15) is 14.7 Å². The van der Waals surface area contributed by atoms with Gasteiger partial charge in [0.15, 0.2) is 11.2 Å². The highest BCUT2D eigenvalue weighted by Gasteiger charge is 2.21. The molecule has 0 bridgehead atoms. The van der Waals surface area contributed by atoms with Crippen LogP contribution in [0.5, 0.6) is 0 Å². The Balaban J connectivity index is 2.22.